The van der Waals surface area contributed by atoms with Crippen LogP contribution in [0, 0.1) is 0 Å². The molecule has 2 aromatic rings. The Morgan fingerprint density at radius 3 is 2.48 bits per heavy atom. The van der Waals surface area contributed by atoms with Crippen molar-refractivity contribution in [2.24, 2.45) is 0 Å². The number of rotatable bonds is 1. The molecule has 0 aromatic heterocycles. The molecule has 0 unspecified atom stereocenters. The molecule has 0 bridgehead atoms. The van der Waals surface area contributed by atoms with E-state index in [1.54, 1.807) is 0 Å². The Bertz CT molecular complexity index is 917. The first kappa shape index (κ1) is 15.9. The van der Waals surface area contributed by atoms with E-state index >= 15 is 0 Å². The van der Waals surface area contributed by atoms with Crippen LogP contribution in [0.5, 0.6) is 0 Å². The van der Waals surface area contributed by atoms with Crippen LogP contribution >= 0.6 is 0 Å². The minimum absolute atomic E-state index is 0.0575. The van der Waals surface area contributed by atoms with Gasteiger partial charge in [-0.3, -0.25) is 4.79 Å². The van der Waals surface area contributed by atoms with Crippen LogP contribution in [-0.4, -0.2) is 12.8 Å². The van der Waals surface area contributed by atoms with E-state index in [1.165, 1.54) is 22.5 Å². The SMILES string of the molecule is CN1/C(=C/C=C2/CCc3ccccc3C2=O)C(C)(C)c2ccccc21. The maximum absolute atomic E-state index is 12.8. The lowest BCUT2D eigenvalue weighted by Crippen LogP contribution is -2.22. The summed E-state index contributed by atoms with van der Waals surface area (Å²) in [5.74, 6) is 0.176. The van der Waals surface area contributed by atoms with Crippen molar-refractivity contribution in [3.63, 3.8) is 0 Å². The fraction of sp³-hybridized carbons (Fsp3) is 0.261. The van der Waals surface area contributed by atoms with E-state index in [0.29, 0.717) is 0 Å². The molecule has 0 radical (unpaired) electrons. The molecule has 1 heterocycles. The van der Waals surface area contributed by atoms with E-state index in [0.717, 1.165) is 24.0 Å². The van der Waals surface area contributed by atoms with Crippen LogP contribution in [0.25, 0.3) is 0 Å². The molecule has 0 saturated carbocycles. The number of likely N-dealkylation sites (N-methyl/N-ethyl adjacent to an activating group) is 1. The Hall–Kier alpha value is -2.61. The number of carbonyl (C=O) groups is 1. The zero-order chi connectivity index (χ0) is 17.6. The zero-order valence-electron chi connectivity index (χ0n) is 15.0. The highest BCUT2D eigenvalue weighted by atomic mass is 16.1. The summed E-state index contributed by atoms with van der Waals surface area (Å²) in [6.07, 6.45) is 5.94. The van der Waals surface area contributed by atoms with Crippen LogP contribution in [0.1, 0.15) is 41.8 Å². The zero-order valence-corrected chi connectivity index (χ0v) is 15.0. The number of ketones is 1. The monoisotopic (exact) mass is 329 g/mol. The molecule has 2 aromatic carbocycles. The molecule has 126 valence electrons. The molecule has 1 aliphatic carbocycles. The largest absolute Gasteiger partial charge is 0.347 e. The summed E-state index contributed by atoms with van der Waals surface area (Å²) in [7, 11) is 2.11. The Labute approximate surface area is 149 Å². The first-order valence-corrected chi connectivity index (χ1v) is 8.87. The topological polar surface area (TPSA) is 20.3 Å². The van der Waals surface area contributed by atoms with Gasteiger partial charge in [-0.1, -0.05) is 62.4 Å². The first-order valence-electron chi connectivity index (χ1n) is 8.87. The van der Waals surface area contributed by atoms with Crippen LogP contribution in [-0.2, 0) is 11.8 Å². The van der Waals surface area contributed by atoms with E-state index in [-0.39, 0.29) is 11.2 Å². The van der Waals surface area contributed by atoms with Gasteiger partial charge in [-0.05, 0) is 36.1 Å². The van der Waals surface area contributed by atoms with Gasteiger partial charge in [-0.15, -0.1) is 0 Å². The lowest BCUT2D eigenvalue weighted by atomic mass is 9.83. The molecule has 0 fully saturated rings. The van der Waals surface area contributed by atoms with Gasteiger partial charge in [0.05, 0.1) is 0 Å². The summed E-state index contributed by atoms with van der Waals surface area (Å²) >= 11 is 0. The molecule has 0 N–H and O–H groups in total. The molecule has 2 nitrogen and oxygen atoms in total. The molecular weight excluding hydrogens is 306 g/mol. The van der Waals surface area contributed by atoms with E-state index in [9.17, 15) is 4.79 Å². The number of aryl methyl sites for hydroxylation is 1. The third kappa shape index (κ3) is 2.44. The number of hydrogen-bond acceptors (Lipinski definition) is 2. The molecule has 4 rings (SSSR count). The highest BCUT2D eigenvalue weighted by Crippen LogP contribution is 2.46. The number of hydrogen-bond donors (Lipinski definition) is 0. The standard InChI is InChI=1S/C23H23NO/c1-23(2)19-10-6-7-11-20(19)24(3)21(23)15-14-17-13-12-16-8-4-5-9-18(16)22(17)25/h4-11,14-15H,12-13H2,1-3H3/b17-14-,21-15+. The van der Waals surface area contributed by atoms with Crippen LogP contribution in [0.3, 0.4) is 0 Å². The lowest BCUT2D eigenvalue weighted by molar-refractivity contribution is 0.102. The summed E-state index contributed by atoms with van der Waals surface area (Å²) < 4.78 is 0. The van der Waals surface area contributed by atoms with Crippen molar-refractivity contribution in [3.05, 3.63) is 88.6 Å². The normalized spacial score (nSPS) is 21.6. The highest BCUT2D eigenvalue weighted by Gasteiger charge is 2.37. The van der Waals surface area contributed by atoms with Crippen LogP contribution < -0.4 is 4.90 Å². The summed E-state index contributed by atoms with van der Waals surface area (Å²) in [6, 6.07) is 16.5. The van der Waals surface area contributed by atoms with Gasteiger partial charge >= 0.3 is 0 Å². The average molecular weight is 329 g/mol. The number of benzene rings is 2. The number of anilines is 1. The van der Waals surface area contributed by atoms with Crippen molar-refractivity contribution < 1.29 is 4.79 Å². The number of fused-ring (bicyclic) bond motifs is 2. The van der Waals surface area contributed by atoms with Crippen molar-refractivity contribution in [2.45, 2.75) is 32.1 Å². The maximum Gasteiger partial charge on any atom is 0.189 e. The highest BCUT2D eigenvalue weighted by molar-refractivity contribution is 6.10. The third-order valence-corrected chi connectivity index (χ3v) is 5.60. The smallest absolute Gasteiger partial charge is 0.189 e. The fourth-order valence-electron chi connectivity index (χ4n) is 4.16. The van der Waals surface area contributed by atoms with Crippen LogP contribution in [0.15, 0.2) is 72.0 Å². The molecule has 0 saturated heterocycles. The lowest BCUT2D eigenvalue weighted by Gasteiger charge is -2.24. The molecule has 25 heavy (non-hydrogen) atoms. The van der Waals surface area contributed by atoms with Gasteiger partial charge in [0, 0.05) is 35.0 Å². The van der Waals surface area contributed by atoms with Crippen molar-refractivity contribution >= 4 is 11.5 Å². The first-order chi connectivity index (χ1) is 12.0. The second-order valence-corrected chi connectivity index (χ2v) is 7.43. The van der Waals surface area contributed by atoms with E-state index < -0.39 is 0 Å². The number of allylic oxidation sites excluding steroid dienone is 4. The second kappa shape index (κ2) is 5.73. The Morgan fingerprint density at radius 2 is 1.68 bits per heavy atom. The third-order valence-electron chi connectivity index (χ3n) is 5.60. The minimum Gasteiger partial charge on any atom is -0.347 e. The van der Waals surface area contributed by atoms with E-state index in [2.05, 4.69) is 62.2 Å². The maximum atomic E-state index is 12.8. The second-order valence-electron chi connectivity index (χ2n) is 7.43. The molecule has 1 aliphatic heterocycles. The number of nitrogens with zero attached hydrogens (tertiary/aromatic N) is 1. The molecule has 2 heteroatoms. The van der Waals surface area contributed by atoms with Gasteiger partial charge in [-0.2, -0.15) is 0 Å². The summed E-state index contributed by atoms with van der Waals surface area (Å²) in [6.45, 7) is 4.50. The van der Waals surface area contributed by atoms with Gasteiger partial charge < -0.3 is 4.90 Å². The summed E-state index contributed by atoms with van der Waals surface area (Å²) in [5, 5.41) is 0. The van der Waals surface area contributed by atoms with Gasteiger partial charge in [0.15, 0.2) is 5.78 Å². The molecule has 0 spiro atoms. The van der Waals surface area contributed by atoms with Crippen molar-refractivity contribution in [3.8, 4) is 0 Å². The average Bonchev–Trinajstić information content (AvgIpc) is 2.82. The van der Waals surface area contributed by atoms with Crippen molar-refractivity contribution in [1.29, 1.82) is 0 Å². The summed E-state index contributed by atoms with van der Waals surface area (Å²) in [5.41, 5.74) is 6.70. The summed E-state index contributed by atoms with van der Waals surface area (Å²) in [4.78, 5) is 15.0. The Balaban J connectivity index is 1.71. The number of Topliss-reactive ketones (excluding diaryl/α,β-unsaturated/α-hetero) is 1. The fourth-order valence-corrected chi connectivity index (χ4v) is 4.16. The molecular formula is C23H23NO. The van der Waals surface area contributed by atoms with Gasteiger partial charge in [-0.25, -0.2) is 0 Å². The Morgan fingerprint density at radius 1 is 0.960 bits per heavy atom. The molecule has 2 aliphatic rings. The van der Waals surface area contributed by atoms with E-state index in [1.807, 2.05) is 24.3 Å². The van der Waals surface area contributed by atoms with Gasteiger partial charge in [0.1, 0.15) is 0 Å². The van der Waals surface area contributed by atoms with E-state index in [4.69, 9.17) is 0 Å². The number of para-hydroxylation sites is 1. The van der Waals surface area contributed by atoms with Crippen LogP contribution in [0.2, 0.25) is 0 Å². The predicted molar refractivity (Wildman–Crippen MR) is 103 cm³/mol. The molecule has 0 atom stereocenters. The van der Waals surface area contributed by atoms with Gasteiger partial charge in [0.25, 0.3) is 0 Å². The number of carbonyl (C=O) groups excluding carboxylic acids is 1. The van der Waals surface area contributed by atoms with Crippen LogP contribution in [0.4, 0.5) is 5.69 Å². The minimum atomic E-state index is -0.0575. The van der Waals surface area contributed by atoms with Gasteiger partial charge in [0.2, 0.25) is 0 Å². The Kier molecular flexibility index (Phi) is 3.64. The predicted octanol–water partition coefficient (Wildman–Crippen LogP) is 5.05. The quantitative estimate of drug-likeness (QED) is 0.682. The molecule has 0 amide bonds. The van der Waals surface area contributed by atoms with Crippen molar-refractivity contribution in [2.75, 3.05) is 11.9 Å². The van der Waals surface area contributed by atoms with Crippen molar-refractivity contribution in [1.82, 2.24) is 0 Å².